The van der Waals surface area contributed by atoms with Crippen LogP contribution in [0.1, 0.15) is 77.3 Å². The Morgan fingerprint density at radius 3 is 2.34 bits per heavy atom. The Balaban J connectivity index is 1.48. The van der Waals surface area contributed by atoms with Gasteiger partial charge in [-0.25, -0.2) is 4.98 Å². The Morgan fingerprint density at radius 2 is 1.69 bits per heavy atom. The Hall–Kier alpha value is -1.41. The SMILES string of the molecule is [B]c1sc(N2CCC(N(CCO)CCCCO)CC2)nc1-c1ccc2c(c1)C(C)(C)CCC2(C)C. The van der Waals surface area contributed by atoms with Gasteiger partial charge in [-0.2, -0.15) is 0 Å². The summed E-state index contributed by atoms with van der Waals surface area (Å²) in [6.45, 7) is 13.4. The van der Waals surface area contributed by atoms with Crippen LogP contribution in [0.25, 0.3) is 11.3 Å². The van der Waals surface area contributed by atoms with Crippen LogP contribution in [0.2, 0.25) is 0 Å². The summed E-state index contributed by atoms with van der Waals surface area (Å²) in [5, 5.41) is 19.6. The fourth-order valence-corrected chi connectivity index (χ4v) is 6.76. The molecule has 1 saturated heterocycles. The molecule has 0 amide bonds. The number of aliphatic hydroxyl groups is 2. The second-order valence-electron chi connectivity index (χ2n) is 11.6. The first kappa shape index (κ1) is 26.7. The third-order valence-electron chi connectivity index (χ3n) is 8.26. The molecule has 1 aliphatic carbocycles. The molecule has 1 aliphatic heterocycles. The van der Waals surface area contributed by atoms with Crippen LogP contribution in [0.5, 0.6) is 0 Å². The first-order valence-electron chi connectivity index (χ1n) is 13.3. The van der Waals surface area contributed by atoms with Gasteiger partial charge in [-0.15, -0.1) is 11.3 Å². The average molecular weight is 496 g/mol. The summed E-state index contributed by atoms with van der Waals surface area (Å²) in [5.41, 5.74) is 5.30. The highest BCUT2D eigenvalue weighted by atomic mass is 32.1. The van der Waals surface area contributed by atoms with E-state index in [2.05, 4.69) is 55.7 Å². The van der Waals surface area contributed by atoms with E-state index in [9.17, 15) is 5.11 Å². The minimum absolute atomic E-state index is 0.161. The number of hydrogen-bond donors (Lipinski definition) is 2. The molecule has 1 aromatic heterocycles. The fraction of sp³-hybridized carbons (Fsp3) is 0.679. The molecule has 7 heteroatoms. The summed E-state index contributed by atoms with van der Waals surface area (Å²) in [7, 11) is 6.53. The lowest BCUT2D eigenvalue weighted by Crippen LogP contribution is -2.46. The molecular formula is C28H42BN3O2S. The maximum absolute atomic E-state index is 9.51. The zero-order chi connectivity index (χ0) is 25.2. The molecule has 4 rings (SSSR count). The molecule has 2 heterocycles. The number of fused-ring (bicyclic) bond motifs is 1. The van der Waals surface area contributed by atoms with Gasteiger partial charge in [0.2, 0.25) is 0 Å². The van der Waals surface area contributed by atoms with Crippen LogP contribution in [0.3, 0.4) is 0 Å². The van der Waals surface area contributed by atoms with Gasteiger partial charge in [0.25, 0.3) is 0 Å². The highest BCUT2D eigenvalue weighted by Crippen LogP contribution is 2.46. The molecule has 1 fully saturated rings. The van der Waals surface area contributed by atoms with Crippen molar-refractivity contribution in [3.8, 4) is 11.3 Å². The van der Waals surface area contributed by atoms with Crippen molar-refractivity contribution in [2.45, 2.75) is 83.1 Å². The van der Waals surface area contributed by atoms with Crippen LogP contribution >= 0.6 is 11.3 Å². The number of anilines is 1. The Bertz CT molecular complexity index is 998. The van der Waals surface area contributed by atoms with E-state index in [0.717, 1.165) is 66.5 Å². The standard InChI is InChI=1S/C28H42BN3O2S/c1-27(2)11-12-28(3,4)23-19-20(7-8-22(23)27)24-25(29)35-26(30-24)32-14-9-21(10-15-32)31(16-18-34)13-5-6-17-33/h7-8,19,21,33-34H,5-6,9-18H2,1-4H3. The summed E-state index contributed by atoms with van der Waals surface area (Å²) in [5.74, 6) is 0. The number of thiazole rings is 1. The van der Waals surface area contributed by atoms with E-state index in [1.165, 1.54) is 24.0 Å². The summed E-state index contributed by atoms with van der Waals surface area (Å²) in [4.78, 5) is 9.81. The highest BCUT2D eigenvalue weighted by molar-refractivity contribution is 7.23. The number of piperidine rings is 1. The zero-order valence-corrected chi connectivity index (χ0v) is 22.8. The van der Waals surface area contributed by atoms with Gasteiger partial charge < -0.3 is 15.1 Å². The van der Waals surface area contributed by atoms with Crippen molar-refractivity contribution in [2.75, 3.05) is 44.3 Å². The molecule has 0 spiro atoms. The molecule has 2 aliphatic rings. The van der Waals surface area contributed by atoms with Crippen LogP contribution in [0, 0.1) is 0 Å². The molecule has 190 valence electrons. The van der Waals surface area contributed by atoms with E-state index in [1.807, 2.05) is 0 Å². The van der Waals surface area contributed by atoms with Gasteiger partial charge in [0.15, 0.2) is 5.13 Å². The highest BCUT2D eigenvalue weighted by Gasteiger charge is 2.37. The Labute approximate surface area is 217 Å². The monoisotopic (exact) mass is 495 g/mol. The summed E-state index contributed by atoms with van der Waals surface area (Å²) in [6, 6.07) is 7.33. The van der Waals surface area contributed by atoms with Crippen LogP contribution in [0.4, 0.5) is 5.13 Å². The lowest BCUT2D eigenvalue weighted by Gasteiger charge is -2.42. The molecule has 1 aromatic carbocycles. The molecule has 0 atom stereocenters. The van der Waals surface area contributed by atoms with Gasteiger partial charge >= 0.3 is 0 Å². The molecule has 2 aromatic rings. The molecule has 2 radical (unpaired) electrons. The number of nitrogens with zero attached hydrogens (tertiary/aromatic N) is 3. The van der Waals surface area contributed by atoms with E-state index >= 15 is 0 Å². The predicted octanol–water partition coefficient (Wildman–Crippen LogP) is 3.99. The van der Waals surface area contributed by atoms with E-state index in [0.29, 0.717) is 12.6 Å². The predicted molar refractivity (Wildman–Crippen MR) is 148 cm³/mol. The molecule has 2 N–H and O–H groups in total. The normalized spacial score (nSPS) is 19.8. The quantitative estimate of drug-likeness (QED) is 0.407. The van der Waals surface area contributed by atoms with Crippen LogP contribution in [0.15, 0.2) is 18.2 Å². The van der Waals surface area contributed by atoms with Crippen LogP contribution < -0.4 is 9.68 Å². The number of rotatable bonds is 9. The second-order valence-corrected chi connectivity index (χ2v) is 12.7. The Morgan fingerprint density at radius 1 is 1.00 bits per heavy atom. The summed E-state index contributed by atoms with van der Waals surface area (Å²) < 4.78 is 0.792. The van der Waals surface area contributed by atoms with Crippen molar-refractivity contribution in [1.29, 1.82) is 0 Å². The Kier molecular flexibility index (Phi) is 8.31. The smallest absolute Gasteiger partial charge is 0.185 e. The van der Waals surface area contributed by atoms with Crippen molar-refractivity contribution in [1.82, 2.24) is 9.88 Å². The van der Waals surface area contributed by atoms with E-state index in [4.69, 9.17) is 17.9 Å². The van der Waals surface area contributed by atoms with Crippen molar-refractivity contribution in [3.05, 3.63) is 29.3 Å². The summed E-state index contributed by atoms with van der Waals surface area (Å²) >= 11 is 1.60. The van der Waals surface area contributed by atoms with E-state index in [-0.39, 0.29) is 24.0 Å². The fourth-order valence-electron chi connectivity index (χ4n) is 5.85. The zero-order valence-electron chi connectivity index (χ0n) is 22.0. The van der Waals surface area contributed by atoms with Gasteiger partial charge in [-0.3, -0.25) is 4.90 Å². The molecule has 5 nitrogen and oxygen atoms in total. The molecule has 0 bridgehead atoms. The van der Waals surface area contributed by atoms with Gasteiger partial charge in [0.05, 0.1) is 12.3 Å². The third-order valence-corrected chi connectivity index (χ3v) is 9.21. The van der Waals surface area contributed by atoms with Crippen molar-refractivity contribution in [3.63, 3.8) is 0 Å². The van der Waals surface area contributed by atoms with Gasteiger partial charge in [-0.05, 0) is 77.9 Å². The van der Waals surface area contributed by atoms with Crippen molar-refractivity contribution in [2.24, 2.45) is 0 Å². The van der Waals surface area contributed by atoms with Crippen molar-refractivity contribution < 1.29 is 10.2 Å². The van der Waals surface area contributed by atoms with E-state index < -0.39 is 0 Å². The molecule has 0 unspecified atom stereocenters. The van der Waals surface area contributed by atoms with Crippen LogP contribution in [-0.4, -0.2) is 73.4 Å². The molecule has 35 heavy (non-hydrogen) atoms. The number of unbranched alkanes of at least 4 members (excludes halogenated alkanes) is 1. The number of aliphatic hydroxyl groups excluding tert-OH is 2. The minimum Gasteiger partial charge on any atom is -0.396 e. The van der Waals surface area contributed by atoms with Gasteiger partial charge in [0.1, 0.15) is 7.85 Å². The van der Waals surface area contributed by atoms with E-state index in [1.54, 1.807) is 11.3 Å². The second kappa shape index (κ2) is 10.9. The lowest BCUT2D eigenvalue weighted by molar-refractivity contribution is 0.128. The maximum atomic E-state index is 9.51. The first-order valence-corrected chi connectivity index (χ1v) is 14.1. The summed E-state index contributed by atoms with van der Waals surface area (Å²) in [6.07, 6.45) is 6.29. The average Bonchev–Trinajstić information content (AvgIpc) is 3.23. The van der Waals surface area contributed by atoms with Gasteiger partial charge in [-0.1, -0.05) is 39.8 Å². The maximum Gasteiger partial charge on any atom is 0.185 e. The first-order chi connectivity index (χ1) is 16.7. The number of aromatic nitrogens is 1. The van der Waals surface area contributed by atoms with Crippen LogP contribution in [-0.2, 0) is 10.8 Å². The molecule has 0 saturated carbocycles. The molecular weight excluding hydrogens is 453 g/mol. The largest absolute Gasteiger partial charge is 0.396 e. The van der Waals surface area contributed by atoms with Crippen molar-refractivity contribution >= 4 is 29.1 Å². The lowest BCUT2D eigenvalue weighted by atomic mass is 9.63. The third kappa shape index (κ3) is 5.79. The van der Waals surface area contributed by atoms with Gasteiger partial charge in [0, 0.05) is 37.8 Å². The topological polar surface area (TPSA) is 59.8 Å². The number of benzene rings is 1. The number of hydrogen-bond acceptors (Lipinski definition) is 6. The minimum atomic E-state index is 0.161.